The summed E-state index contributed by atoms with van der Waals surface area (Å²) in [6, 6.07) is 11.5. The van der Waals surface area contributed by atoms with Crippen LogP contribution in [0.1, 0.15) is 11.7 Å². The molecule has 1 aromatic carbocycles. The molecule has 2 heterocycles. The van der Waals surface area contributed by atoms with Gasteiger partial charge in [-0.05, 0) is 29.1 Å². The lowest BCUT2D eigenvalue weighted by molar-refractivity contribution is 0.156. The van der Waals surface area contributed by atoms with Crippen molar-refractivity contribution in [3.05, 3.63) is 59.7 Å². The number of aliphatic hydroxyl groups is 1. The zero-order valence-electron chi connectivity index (χ0n) is 11.6. The van der Waals surface area contributed by atoms with E-state index in [1.54, 1.807) is 24.6 Å². The van der Waals surface area contributed by atoms with E-state index in [0.717, 1.165) is 22.0 Å². The van der Waals surface area contributed by atoms with Crippen LogP contribution in [-0.2, 0) is 6.54 Å². The van der Waals surface area contributed by atoms with Crippen molar-refractivity contribution < 1.29 is 9.84 Å². The number of rotatable bonds is 5. The second-order valence-corrected chi connectivity index (χ2v) is 5.62. The first kappa shape index (κ1) is 13.9. The van der Waals surface area contributed by atoms with Crippen LogP contribution in [0.5, 0.6) is 5.75 Å². The van der Waals surface area contributed by atoms with Crippen molar-refractivity contribution >= 4 is 11.3 Å². The number of hydrogen-bond donors (Lipinski definition) is 1. The largest absolute Gasteiger partial charge is 0.497 e. The van der Waals surface area contributed by atoms with Crippen molar-refractivity contribution in [3.63, 3.8) is 0 Å². The summed E-state index contributed by atoms with van der Waals surface area (Å²) in [4.78, 5) is 5.47. The predicted octanol–water partition coefficient (Wildman–Crippen LogP) is 3.35. The smallest absolute Gasteiger partial charge is 0.150 e. The molecule has 0 saturated carbocycles. The Hall–Kier alpha value is -2.11. The average molecular weight is 300 g/mol. The third kappa shape index (κ3) is 2.99. The summed E-state index contributed by atoms with van der Waals surface area (Å²) in [5, 5.41) is 12.5. The van der Waals surface area contributed by atoms with E-state index >= 15 is 0 Å². The second kappa shape index (κ2) is 6.11. The maximum absolute atomic E-state index is 10.4. The monoisotopic (exact) mass is 300 g/mol. The normalized spacial score (nSPS) is 12.3. The van der Waals surface area contributed by atoms with E-state index < -0.39 is 6.10 Å². The summed E-state index contributed by atoms with van der Waals surface area (Å²) in [6.45, 7) is 0.459. The van der Waals surface area contributed by atoms with Crippen LogP contribution in [0.25, 0.3) is 10.7 Å². The molecule has 0 saturated heterocycles. The quantitative estimate of drug-likeness (QED) is 0.786. The van der Waals surface area contributed by atoms with Gasteiger partial charge in [-0.2, -0.15) is 0 Å². The number of aliphatic hydroxyl groups excluding tert-OH is 1. The Morgan fingerprint density at radius 3 is 3.00 bits per heavy atom. The molecule has 2 aromatic heterocycles. The number of benzene rings is 1. The molecule has 0 bridgehead atoms. The Balaban J connectivity index is 1.82. The summed E-state index contributed by atoms with van der Waals surface area (Å²) in [7, 11) is 1.62. The third-order valence-electron chi connectivity index (χ3n) is 3.31. The van der Waals surface area contributed by atoms with Gasteiger partial charge in [0.2, 0.25) is 0 Å². The molecule has 1 atom stereocenters. The molecule has 0 spiro atoms. The van der Waals surface area contributed by atoms with E-state index in [4.69, 9.17) is 4.74 Å². The minimum Gasteiger partial charge on any atom is -0.497 e. The lowest BCUT2D eigenvalue weighted by Crippen LogP contribution is -2.09. The molecule has 0 fully saturated rings. The van der Waals surface area contributed by atoms with Gasteiger partial charge in [0.05, 0.1) is 24.6 Å². The van der Waals surface area contributed by atoms with Crippen molar-refractivity contribution in [2.24, 2.45) is 0 Å². The summed E-state index contributed by atoms with van der Waals surface area (Å²) >= 11 is 1.64. The molecule has 3 aromatic rings. The second-order valence-electron chi connectivity index (χ2n) is 4.67. The summed E-state index contributed by atoms with van der Waals surface area (Å²) in [5.74, 6) is 1.63. The van der Waals surface area contributed by atoms with Crippen LogP contribution < -0.4 is 4.74 Å². The molecule has 0 aliphatic rings. The fourth-order valence-electron chi connectivity index (χ4n) is 2.23. The highest BCUT2D eigenvalue weighted by Crippen LogP contribution is 2.26. The van der Waals surface area contributed by atoms with Gasteiger partial charge >= 0.3 is 0 Å². The Kier molecular flexibility index (Phi) is 4.03. The van der Waals surface area contributed by atoms with Gasteiger partial charge in [-0.15, -0.1) is 11.3 Å². The van der Waals surface area contributed by atoms with Crippen molar-refractivity contribution in [1.82, 2.24) is 9.55 Å². The topological polar surface area (TPSA) is 47.3 Å². The lowest BCUT2D eigenvalue weighted by Gasteiger charge is -2.14. The van der Waals surface area contributed by atoms with Gasteiger partial charge in [-0.1, -0.05) is 18.2 Å². The maximum Gasteiger partial charge on any atom is 0.150 e. The van der Waals surface area contributed by atoms with Crippen molar-refractivity contribution in [1.29, 1.82) is 0 Å². The fraction of sp³-hybridized carbons (Fsp3) is 0.188. The van der Waals surface area contributed by atoms with Gasteiger partial charge in [0.25, 0.3) is 0 Å². The number of aromatic nitrogens is 2. The van der Waals surface area contributed by atoms with Gasteiger partial charge in [-0.25, -0.2) is 4.98 Å². The van der Waals surface area contributed by atoms with Gasteiger partial charge in [-0.3, -0.25) is 0 Å². The van der Waals surface area contributed by atoms with Gasteiger partial charge in [0.15, 0.2) is 0 Å². The average Bonchev–Trinajstić information content (AvgIpc) is 3.18. The van der Waals surface area contributed by atoms with E-state index in [-0.39, 0.29) is 0 Å². The summed E-state index contributed by atoms with van der Waals surface area (Å²) in [5.41, 5.74) is 0.833. The number of nitrogens with zero attached hydrogens (tertiary/aromatic N) is 2. The zero-order chi connectivity index (χ0) is 14.7. The molecular weight excluding hydrogens is 284 g/mol. The highest BCUT2D eigenvalue weighted by Gasteiger charge is 2.13. The molecule has 0 aliphatic carbocycles. The van der Waals surface area contributed by atoms with E-state index in [2.05, 4.69) is 4.98 Å². The lowest BCUT2D eigenvalue weighted by atomic mass is 10.1. The standard InChI is InChI=1S/C16H16N2O2S/c1-20-13-5-2-4-12(10-13)14(19)11-18-8-7-17-16(18)15-6-3-9-21-15/h2-10,14,19H,11H2,1H3. The number of imidazole rings is 1. The van der Waals surface area contributed by atoms with Crippen molar-refractivity contribution in [2.75, 3.05) is 7.11 Å². The highest BCUT2D eigenvalue weighted by molar-refractivity contribution is 7.13. The molecule has 1 N–H and O–H groups in total. The first-order valence-electron chi connectivity index (χ1n) is 6.65. The number of thiophene rings is 1. The molecule has 0 amide bonds. The van der Waals surface area contributed by atoms with Gasteiger partial charge in [0.1, 0.15) is 11.6 Å². The highest BCUT2D eigenvalue weighted by atomic mass is 32.1. The van der Waals surface area contributed by atoms with Crippen LogP contribution in [0.15, 0.2) is 54.2 Å². The molecule has 0 aliphatic heterocycles. The van der Waals surface area contributed by atoms with Crippen LogP contribution >= 0.6 is 11.3 Å². The van der Waals surface area contributed by atoms with Crippen LogP contribution in [0.3, 0.4) is 0 Å². The Morgan fingerprint density at radius 2 is 2.24 bits per heavy atom. The number of ether oxygens (including phenoxy) is 1. The van der Waals surface area contributed by atoms with E-state index in [1.807, 2.05) is 52.5 Å². The molecular formula is C16H16N2O2S. The van der Waals surface area contributed by atoms with Crippen molar-refractivity contribution in [2.45, 2.75) is 12.6 Å². The maximum atomic E-state index is 10.4. The van der Waals surface area contributed by atoms with E-state index in [1.165, 1.54) is 0 Å². The van der Waals surface area contributed by atoms with Crippen molar-refractivity contribution in [3.8, 4) is 16.5 Å². The Labute approximate surface area is 127 Å². The molecule has 21 heavy (non-hydrogen) atoms. The molecule has 108 valence electrons. The summed E-state index contributed by atoms with van der Waals surface area (Å²) < 4.78 is 7.16. The van der Waals surface area contributed by atoms with E-state index in [9.17, 15) is 5.11 Å². The third-order valence-corrected chi connectivity index (χ3v) is 4.17. The van der Waals surface area contributed by atoms with Crippen LogP contribution in [0, 0.1) is 0 Å². The first-order chi connectivity index (χ1) is 10.3. The fourth-order valence-corrected chi connectivity index (χ4v) is 2.96. The zero-order valence-corrected chi connectivity index (χ0v) is 12.5. The Morgan fingerprint density at radius 1 is 1.33 bits per heavy atom. The van der Waals surface area contributed by atoms with Gasteiger partial charge < -0.3 is 14.4 Å². The predicted molar refractivity (Wildman–Crippen MR) is 83.5 cm³/mol. The molecule has 1 unspecified atom stereocenters. The molecule has 0 radical (unpaired) electrons. The number of hydrogen-bond acceptors (Lipinski definition) is 4. The Bertz CT molecular complexity index is 707. The molecule has 5 heteroatoms. The SMILES string of the molecule is COc1cccc(C(O)Cn2ccnc2-c2cccs2)c1. The number of methoxy groups -OCH3 is 1. The first-order valence-corrected chi connectivity index (χ1v) is 7.53. The van der Waals surface area contributed by atoms with Gasteiger partial charge in [0, 0.05) is 12.4 Å². The van der Waals surface area contributed by atoms with Crippen LogP contribution in [0.2, 0.25) is 0 Å². The summed E-state index contributed by atoms with van der Waals surface area (Å²) in [6.07, 6.45) is 3.04. The molecule has 3 rings (SSSR count). The molecule has 4 nitrogen and oxygen atoms in total. The minimum atomic E-state index is -0.604. The minimum absolute atomic E-state index is 0.459. The van der Waals surface area contributed by atoms with Crippen LogP contribution in [-0.4, -0.2) is 21.8 Å². The van der Waals surface area contributed by atoms with E-state index in [0.29, 0.717) is 6.54 Å². The van der Waals surface area contributed by atoms with Crippen LogP contribution in [0.4, 0.5) is 0 Å².